The number of carboxylic acids is 2. The molecule has 0 aromatic heterocycles. The largest absolute Gasteiger partial charge is 0.550 e. The molecule has 0 aromatic rings. The van der Waals surface area contributed by atoms with E-state index in [-0.39, 0.29) is 17.3 Å². The number of hydrogen-bond donors (Lipinski definition) is 0. The molecular formula is C28H52O4-2. The lowest BCUT2D eigenvalue weighted by molar-refractivity contribution is -0.321. The van der Waals surface area contributed by atoms with E-state index in [2.05, 4.69) is 55.4 Å². The van der Waals surface area contributed by atoms with Gasteiger partial charge >= 0.3 is 0 Å². The van der Waals surface area contributed by atoms with Crippen molar-refractivity contribution >= 4 is 11.9 Å². The first-order chi connectivity index (χ1) is 14.6. The van der Waals surface area contributed by atoms with Crippen LogP contribution >= 0.6 is 0 Å². The van der Waals surface area contributed by atoms with E-state index >= 15 is 0 Å². The van der Waals surface area contributed by atoms with Gasteiger partial charge in [-0.15, -0.1) is 0 Å². The van der Waals surface area contributed by atoms with E-state index in [1.165, 1.54) is 0 Å². The van der Waals surface area contributed by atoms with E-state index in [9.17, 15) is 19.8 Å². The summed E-state index contributed by atoms with van der Waals surface area (Å²) in [6.07, 6.45) is 10.4. The summed E-state index contributed by atoms with van der Waals surface area (Å²) in [5, 5.41) is 23.0. The maximum Gasteiger partial charge on any atom is 0.0476 e. The predicted octanol–water partition coefficient (Wildman–Crippen LogP) is 5.91. The summed E-state index contributed by atoms with van der Waals surface area (Å²) in [6, 6.07) is 0. The van der Waals surface area contributed by atoms with Crippen molar-refractivity contribution in [3.8, 4) is 0 Å². The fraction of sp³-hybridized carbons (Fsp3) is 0.929. The van der Waals surface area contributed by atoms with Crippen LogP contribution in [-0.4, -0.2) is 11.9 Å². The summed E-state index contributed by atoms with van der Waals surface area (Å²) in [5.74, 6) is -0.884. The molecule has 0 saturated carbocycles. The molecule has 0 N–H and O–H groups in total. The summed E-state index contributed by atoms with van der Waals surface area (Å²) in [6.45, 7) is 17.9. The third-order valence-electron chi connectivity index (χ3n) is 6.62. The smallest absolute Gasteiger partial charge is 0.0476 e. The Morgan fingerprint density at radius 2 is 1.06 bits per heavy atom. The minimum Gasteiger partial charge on any atom is -0.550 e. The first-order valence-corrected chi connectivity index (χ1v) is 13.0. The van der Waals surface area contributed by atoms with Gasteiger partial charge in [0.05, 0.1) is 0 Å². The Hall–Kier alpha value is -1.06. The quantitative estimate of drug-likeness (QED) is 0.257. The van der Waals surface area contributed by atoms with Gasteiger partial charge in [0.2, 0.25) is 0 Å². The second kappa shape index (κ2) is 14.3. The van der Waals surface area contributed by atoms with Crippen molar-refractivity contribution in [1.82, 2.24) is 0 Å². The average Bonchev–Trinajstić information content (AvgIpc) is 2.59. The lowest BCUT2D eigenvalue weighted by Gasteiger charge is -2.38. The lowest BCUT2D eigenvalue weighted by Crippen LogP contribution is -2.43. The number of aliphatic carboxylic acids is 2. The zero-order valence-electron chi connectivity index (χ0n) is 22.5. The molecule has 0 aliphatic heterocycles. The fourth-order valence-corrected chi connectivity index (χ4v) is 5.28. The minimum atomic E-state index is -0.991. The van der Waals surface area contributed by atoms with Gasteiger partial charge in [0, 0.05) is 17.4 Å². The average molecular weight is 453 g/mol. The van der Waals surface area contributed by atoms with Crippen LogP contribution < -0.4 is 10.2 Å². The number of carboxylic acid groups (broad SMARTS) is 2. The molecule has 0 rings (SSSR count). The third-order valence-corrected chi connectivity index (χ3v) is 6.62. The van der Waals surface area contributed by atoms with Crippen molar-refractivity contribution in [2.24, 2.45) is 28.1 Å². The Morgan fingerprint density at radius 1 is 0.656 bits per heavy atom. The van der Waals surface area contributed by atoms with Crippen molar-refractivity contribution in [3.05, 3.63) is 0 Å². The zero-order chi connectivity index (χ0) is 25.0. The number of carbonyl (C=O) groups is 2. The summed E-state index contributed by atoms with van der Waals surface area (Å²) in [4.78, 5) is 23.0. The molecule has 190 valence electrons. The van der Waals surface area contributed by atoms with E-state index in [0.717, 1.165) is 51.4 Å². The van der Waals surface area contributed by atoms with Gasteiger partial charge in [-0.2, -0.15) is 0 Å². The topological polar surface area (TPSA) is 80.3 Å². The van der Waals surface area contributed by atoms with Crippen LogP contribution in [0.1, 0.15) is 139 Å². The van der Waals surface area contributed by atoms with E-state index in [0.29, 0.717) is 37.5 Å². The summed E-state index contributed by atoms with van der Waals surface area (Å²) in [7, 11) is 0. The molecule has 0 aliphatic rings. The van der Waals surface area contributed by atoms with Gasteiger partial charge in [-0.25, -0.2) is 0 Å². The maximum absolute atomic E-state index is 12.5. The Kier molecular flexibility index (Phi) is 13.8. The highest BCUT2D eigenvalue weighted by Gasteiger charge is 2.32. The van der Waals surface area contributed by atoms with Crippen molar-refractivity contribution in [3.63, 3.8) is 0 Å². The second-order valence-electron chi connectivity index (χ2n) is 13.0. The first-order valence-electron chi connectivity index (χ1n) is 13.0. The van der Waals surface area contributed by atoms with Gasteiger partial charge < -0.3 is 19.8 Å². The molecule has 2 unspecified atom stereocenters. The van der Waals surface area contributed by atoms with Gasteiger partial charge in [0.1, 0.15) is 0 Å². The summed E-state index contributed by atoms with van der Waals surface area (Å²) >= 11 is 0. The normalized spacial score (nSPS) is 16.4. The third kappa shape index (κ3) is 15.7. The molecule has 0 saturated heterocycles. The predicted molar refractivity (Wildman–Crippen MR) is 130 cm³/mol. The number of unbranched alkanes of at least 4 members (excludes halogenated alkanes) is 4. The molecule has 0 spiro atoms. The van der Waals surface area contributed by atoms with Gasteiger partial charge in [0.25, 0.3) is 0 Å². The number of hydrogen-bond acceptors (Lipinski definition) is 4. The lowest BCUT2D eigenvalue weighted by atomic mass is 9.70. The van der Waals surface area contributed by atoms with Crippen LogP contribution in [0.15, 0.2) is 0 Å². The molecule has 0 aliphatic carbocycles. The van der Waals surface area contributed by atoms with E-state index in [4.69, 9.17) is 0 Å². The zero-order valence-corrected chi connectivity index (χ0v) is 22.5. The molecule has 0 aromatic carbocycles. The number of rotatable bonds is 17. The van der Waals surface area contributed by atoms with E-state index in [1.54, 1.807) is 0 Å². The Bertz CT molecular complexity index is 513. The molecule has 32 heavy (non-hydrogen) atoms. The van der Waals surface area contributed by atoms with Crippen LogP contribution in [0.4, 0.5) is 0 Å². The van der Waals surface area contributed by atoms with Crippen LogP contribution in [0.5, 0.6) is 0 Å². The summed E-state index contributed by atoms with van der Waals surface area (Å²) in [5.41, 5.74) is -0.254. The highest BCUT2D eigenvalue weighted by molar-refractivity contribution is 5.72. The van der Waals surface area contributed by atoms with Crippen LogP contribution in [0, 0.1) is 28.1 Å². The highest BCUT2D eigenvalue weighted by Crippen LogP contribution is 2.40. The van der Waals surface area contributed by atoms with Crippen molar-refractivity contribution in [2.75, 3.05) is 0 Å². The van der Waals surface area contributed by atoms with E-state index in [1.807, 2.05) is 0 Å². The Balaban J connectivity index is 5.03. The maximum atomic E-state index is 12.5. The molecule has 4 heteroatoms. The minimum absolute atomic E-state index is 0.111. The molecule has 0 amide bonds. The second-order valence-corrected chi connectivity index (χ2v) is 13.0. The standard InChI is InChI=1S/C28H54O4/c1-22(20-26(3,4)5)15-18-28(25(31)32,19-16-23(2)21-27(6,7)8)17-13-11-9-10-12-14-24(29)30/h22-23H,9-21H2,1-8H3,(H,29,30)(H,31,32)/p-2. The Morgan fingerprint density at radius 3 is 1.44 bits per heavy atom. The van der Waals surface area contributed by atoms with Gasteiger partial charge in [-0.05, 0) is 80.5 Å². The molecule has 4 nitrogen and oxygen atoms in total. The Labute approximate surface area is 199 Å². The molecule has 2 atom stereocenters. The van der Waals surface area contributed by atoms with E-state index < -0.39 is 17.4 Å². The molecular weight excluding hydrogens is 400 g/mol. The van der Waals surface area contributed by atoms with Crippen molar-refractivity contribution in [1.29, 1.82) is 0 Å². The molecule has 0 radical (unpaired) electrons. The molecule has 0 fully saturated rings. The summed E-state index contributed by atoms with van der Waals surface area (Å²) < 4.78 is 0. The van der Waals surface area contributed by atoms with Crippen LogP contribution in [0.25, 0.3) is 0 Å². The highest BCUT2D eigenvalue weighted by atomic mass is 16.4. The molecule has 0 bridgehead atoms. The molecule has 0 heterocycles. The van der Waals surface area contributed by atoms with Crippen LogP contribution in [-0.2, 0) is 9.59 Å². The van der Waals surface area contributed by atoms with Crippen LogP contribution in [0.2, 0.25) is 0 Å². The van der Waals surface area contributed by atoms with Crippen molar-refractivity contribution in [2.45, 2.75) is 139 Å². The van der Waals surface area contributed by atoms with Crippen molar-refractivity contribution < 1.29 is 19.8 Å². The van der Waals surface area contributed by atoms with Gasteiger partial charge in [0.15, 0.2) is 0 Å². The van der Waals surface area contributed by atoms with Gasteiger partial charge in [-0.1, -0.05) is 81.1 Å². The SMILES string of the molecule is CC(CCC(CCCCCCCC(=O)[O-])(CCC(C)CC(C)(C)C)C(=O)[O-])CC(C)(C)C. The fourth-order valence-electron chi connectivity index (χ4n) is 5.28. The number of carbonyl (C=O) groups excluding carboxylic acids is 2. The first kappa shape index (κ1) is 30.9. The van der Waals surface area contributed by atoms with Crippen LogP contribution in [0.3, 0.4) is 0 Å². The van der Waals surface area contributed by atoms with Gasteiger partial charge in [-0.3, -0.25) is 0 Å². The monoisotopic (exact) mass is 452 g/mol.